The maximum atomic E-state index is 11.8. The average molecular weight is 252 g/mol. The van der Waals surface area contributed by atoms with Gasteiger partial charge >= 0.3 is 0 Å². The molecule has 0 fully saturated rings. The van der Waals surface area contributed by atoms with E-state index in [4.69, 9.17) is 5.26 Å². The van der Waals surface area contributed by atoms with Gasteiger partial charge in [-0.1, -0.05) is 19.1 Å². The molecule has 1 amide bonds. The first-order valence-corrected chi connectivity index (χ1v) is 6.65. The summed E-state index contributed by atoms with van der Waals surface area (Å²) in [6.07, 6.45) is 0. The van der Waals surface area contributed by atoms with Crippen LogP contribution in [0.5, 0.6) is 0 Å². The topological polar surface area (TPSA) is 87.0 Å². The fourth-order valence-corrected chi connectivity index (χ4v) is 2.39. The van der Waals surface area contributed by atoms with Crippen LogP contribution in [0.4, 0.5) is 0 Å². The summed E-state index contributed by atoms with van der Waals surface area (Å²) in [6, 6.07) is 7.71. The van der Waals surface area contributed by atoms with Crippen molar-refractivity contribution in [3.8, 4) is 6.07 Å². The van der Waals surface area contributed by atoms with Crippen molar-refractivity contribution in [1.29, 1.82) is 5.26 Å². The first-order chi connectivity index (χ1) is 8.03. The highest BCUT2D eigenvalue weighted by molar-refractivity contribution is 7.91. The SMILES string of the molecule is CCS(=O)(=O)c1ccccc1C(=O)NCC#N. The summed E-state index contributed by atoms with van der Waals surface area (Å²) in [5.41, 5.74) is 0.0737. The largest absolute Gasteiger partial charge is 0.339 e. The van der Waals surface area contributed by atoms with Crippen molar-refractivity contribution in [2.24, 2.45) is 0 Å². The van der Waals surface area contributed by atoms with Gasteiger partial charge in [0, 0.05) is 0 Å². The molecule has 17 heavy (non-hydrogen) atoms. The molecule has 0 saturated heterocycles. The second kappa shape index (κ2) is 5.46. The van der Waals surface area contributed by atoms with Gasteiger partial charge in [-0.2, -0.15) is 5.26 Å². The van der Waals surface area contributed by atoms with Crippen LogP contribution in [0.2, 0.25) is 0 Å². The Hall–Kier alpha value is -1.87. The van der Waals surface area contributed by atoms with Crippen molar-refractivity contribution in [1.82, 2.24) is 5.32 Å². The summed E-state index contributed by atoms with van der Waals surface area (Å²) in [5.74, 6) is -0.630. The van der Waals surface area contributed by atoms with Crippen molar-refractivity contribution < 1.29 is 13.2 Å². The lowest BCUT2D eigenvalue weighted by molar-refractivity contribution is 0.0955. The molecule has 0 spiro atoms. The number of carbonyl (C=O) groups excluding carboxylic acids is 1. The third kappa shape index (κ3) is 3.04. The van der Waals surface area contributed by atoms with E-state index >= 15 is 0 Å². The Bertz CT molecular complexity index is 558. The second-order valence-corrected chi connectivity index (χ2v) is 5.49. The minimum absolute atomic E-state index is 0.00191. The highest BCUT2D eigenvalue weighted by Crippen LogP contribution is 2.16. The Balaban J connectivity index is 3.18. The summed E-state index contributed by atoms with van der Waals surface area (Å²) in [6.45, 7) is 1.36. The number of nitrogens with zero attached hydrogens (tertiary/aromatic N) is 1. The Labute approximate surface area is 100.0 Å². The Morgan fingerprint density at radius 1 is 1.41 bits per heavy atom. The van der Waals surface area contributed by atoms with Crippen LogP contribution < -0.4 is 5.32 Å². The zero-order chi connectivity index (χ0) is 12.9. The minimum atomic E-state index is -3.44. The predicted octanol–water partition coefficient (Wildman–Crippen LogP) is 0.734. The molecule has 0 radical (unpaired) electrons. The van der Waals surface area contributed by atoms with E-state index in [0.717, 1.165) is 0 Å². The molecule has 0 atom stereocenters. The van der Waals surface area contributed by atoms with Gasteiger partial charge in [0.1, 0.15) is 6.54 Å². The Morgan fingerprint density at radius 2 is 2.06 bits per heavy atom. The van der Waals surface area contributed by atoms with Crippen molar-refractivity contribution in [2.45, 2.75) is 11.8 Å². The molecule has 0 aliphatic heterocycles. The molecule has 0 heterocycles. The summed E-state index contributed by atoms with van der Waals surface area (Å²) >= 11 is 0. The van der Waals surface area contributed by atoms with E-state index < -0.39 is 15.7 Å². The number of sulfone groups is 1. The lowest BCUT2D eigenvalue weighted by atomic mass is 10.2. The van der Waals surface area contributed by atoms with E-state index in [-0.39, 0.29) is 22.8 Å². The number of nitrogens with one attached hydrogen (secondary N) is 1. The van der Waals surface area contributed by atoms with E-state index in [2.05, 4.69) is 5.32 Å². The monoisotopic (exact) mass is 252 g/mol. The standard InChI is InChI=1S/C11H12N2O3S/c1-2-17(15,16)10-6-4-3-5-9(10)11(14)13-8-7-12/h3-6H,2,8H2,1H3,(H,13,14). The average Bonchev–Trinajstić information content (AvgIpc) is 2.36. The van der Waals surface area contributed by atoms with Crippen LogP contribution in [0.3, 0.4) is 0 Å². The van der Waals surface area contributed by atoms with E-state index in [1.807, 2.05) is 0 Å². The van der Waals surface area contributed by atoms with E-state index in [1.54, 1.807) is 18.2 Å². The zero-order valence-corrected chi connectivity index (χ0v) is 10.1. The molecule has 1 rings (SSSR count). The first kappa shape index (κ1) is 13.2. The summed E-state index contributed by atoms with van der Waals surface area (Å²) in [5, 5.41) is 10.7. The molecule has 0 unspecified atom stereocenters. The smallest absolute Gasteiger partial charge is 0.253 e. The maximum Gasteiger partial charge on any atom is 0.253 e. The van der Waals surface area contributed by atoms with Gasteiger partial charge in [0.15, 0.2) is 9.84 Å². The molecule has 1 aromatic carbocycles. The van der Waals surface area contributed by atoms with E-state index in [1.165, 1.54) is 19.1 Å². The van der Waals surface area contributed by atoms with Crippen molar-refractivity contribution in [2.75, 3.05) is 12.3 Å². The fourth-order valence-electron chi connectivity index (χ4n) is 1.30. The molecule has 0 saturated carbocycles. The molecule has 0 bridgehead atoms. The number of carbonyl (C=O) groups is 1. The van der Waals surface area contributed by atoms with Gasteiger partial charge in [-0.3, -0.25) is 4.79 Å². The third-order valence-corrected chi connectivity index (χ3v) is 3.96. The third-order valence-electron chi connectivity index (χ3n) is 2.17. The second-order valence-electron chi connectivity index (χ2n) is 3.24. The van der Waals surface area contributed by atoms with Crippen molar-refractivity contribution in [3.05, 3.63) is 29.8 Å². The molecular formula is C11H12N2O3S. The molecule has 5 nitrogen and oxygen atoms in total. The zero-order valence-electron chi connectivity index (χ0n) is 9.30. The van der Waals surface area contributed by atoms with Gasteiger partial charge in [-0.05, 0) is 12.1 Å². The van der Waals surface area contributed by atoms with Crippen LogP contribution in [-0.2, 0) is 9.84 Å². The van der Waals surface area contributed by atoms with Crippen molar-refractivity contribution in [3.63, 3.8) is 0 Å². The van der Waals surface area contributed by atoms with Gasteiger partial charge in [-0.25, -0.2) is 8.42 Å². The lowest BCUT2D eigenvalue weighted by Gasteiger charge is -2.08. The van der Waals surface area contributed by atoms with Gasteiger partial charge in [0.25, 0.3) is 5.91 Å². The van der Waals surface area contributed by atoms with Crippen LogP contribution in [0.25, 0.3) is 0 Å². The number of nitriles is 1. The van der Waals surface area contributed by atoms with Gasteiger partial charge in [-0.15, -0.1) is 0 Å². The Kier molecular flexibility index (Phi) is 4.24. The van der Waals surface area contributed by atoms with Gasteiger partial charge < -0.3 is 5.32 Å². The summed E-state index contributed by atoms with van der Waals surface area (Å²) in [7, 11) is -3.44. The fraction of sp³-hybridized carbons (Fsp3) is 0.273. The van der Waals surface area contributed by atoms with Crippen LogP contribution >= 0.6 is 0 Å². The lowest BCUT2D eigenvalue weighted by Crippen LogP contribution is -2.25. The highest BCUT2D eigenvalue weighted by atomic mass is 32.2. The molecular weight excluding hydrogens is 240 g/mol. The number of rotatable bonds is 4. The summed E-state index contributed by atoms with van der Waals surface area (Å²) in [4.78, 5) is 11.7. The molecule has 6 heteroatoms. The van der Waals surface area contributed by atoms with Crippen molar-refractivity contribution >= 4 is 15.7 Å². The van der Waals surface area contributed by atoms with Crippen LogP contribution in [0, 0.1) is 11.3 Å². The van der Waals surface area contributed by atoms with E-state index in [9.17, 15) is 13.2 Å². The maximum absolute atomic E-state index is 11.8. The van der Waals surface area contributed by atoms with Crippen LogP contribution in [-0.4, -0.2) is 26.6 Å². The number of amides is 1. The Morgan fingerprint density at radius 3 is 2.65 bits per heavy atom. The van der Waals surface area contributed by atoms with Gasteiger partial charge in [0.05, 0.1) is 22.3 Å². The highest BCUT2D eigenvalue weighted by Gasteiger charge is 2.19. The number of hydrogen-bond donors (Lipinski definition) is 1. The predicted molar refractivity (Wildman–Crippen MR) is 62.1 cm³/mol. The molecule has 0 aliphatic rings. The molecule has 1 N–H and O–H groups in total. The quantitative estimate of drug-likeness (QED) is 0.800. The van der Waals surface area contributed by atoms with E-state index in [0.29, 0.717) is 0 Å². The molecule has 90 valence electrons. The number of hydrogen-bond acceptors (Lipinski definition) is 4. The van der Waals surface area contributed by atoms with Crippen LogP contribution in [0.1, 0.15) is 17.3 Å². The van der Waals surface area contributed by atoms with Gasteiger partial charge in [0.2, 0.25) is 0 Å². The van der Waals surface area contributed by atoms with Crippen LogP contribution in [0.15, 0.2) is 29.2 Å². The summed E-state index contributed by atoms with van der Waals surface area (Å²) < 4.78 is 23.5. The minimum Gasteiger partial charge on any atom is -0.339 e. The number of benzene rings is 1. The molecule has 0 aliphatic carbocycles. The molecule has 0 aromatic heterocycles. The normalized spacial score (nSPS) is 10.6. The molecule has 1 aromatic rings. The first-order valence-electron chi connectivity index (χ1n) is 5.00.